The minimum absolute atomic E-state index is 0.0599. The van der Waals surface area contributed by atoms with Crippen LogP contribution >= 0.6 is 0 Å². The van der Waals surface area contributed by atoms with Crippen molar-refractivity contribution in [1.29, 1.82) is 0 Å². The molecule has 0 aromatic heterocycles. The van der Waals surface area contributed by atoms with E-state index in [1.165, 1.54) is 4.31 Å². The molecule has 0 radical (unpaired) electrons. The molecule has 4 rings (SSSR count). The largest absolute Gasteiger partial charge is 0.493 e. The van der Waals surface area contributed by atoms with E-state index in [0.717, 1.165) is 16.8 Å². The third kappa shape index (κ3) is 5.59. The van der Waals surface area contributed by atoms with E-state index in [4.69, 9.17) is 9.47 Å². The van der Waals surface area contributed by atoms with Gasteiger partial charge in [0.25, 0.3) is 0 Å². The Balaban J connectivity index is 1.26. The Morgan fingerprint density at radius 1 is 1.09 bits per heavy atom. The molecular formula is C25H31N3O6S. The van der Waals surface area contributed by atoms with E-state index in [9.17, 15) is 18.0 Å². The van der Waals surface area contributed by atoms with Crippen LogP contribution in [0.3, 0.4) is 0 Å². The van der Waals surface area contributed by atoms with Crippen LogP contribution in [-0.2, 0) is 32.6 Å². The summed E-state index contributed by atoms with van der Waals surface area (Å²) in [5.41, 5.74) is 2.73. The number of hydrogen-bond donors (Lipinski definition) is 1. The topological polar surface area (TPSA) is 105 Å². The van der Waals surface area contributed by atoms with Crippen molar-refractivity contribution in [3.8, 4) is 11.5 Å². The summed E-state index contributed by atoms with van der Waals surface area (Å²) < 4.78 is 38.0. The number of nitrogens with one attached hydrogen (secondary N) is 1. The average Bonchev–Trinajstić information content (AvgIpc) is 3.27. The molecular weight excluding hydrogens is 470 g/mol. The fourth-order valence-corrected chi connectivity index (χ4v) is 6.05. The molecule has 0 saturated carbocycles. The first-order chi connectivity index (χ1) is 16.8. The number of rotatable bonds is 9. The molecule has 2 heterocycles. The Kier molecular flexibility index (Phi) is 7.61. The summed E-state index contributed by atoms with van der Waals surface area (Å²) in [6.07, 6.45) is 1.05. The monoisotopic (exact) mass is 501 g/mol. The Labute approximate surface area is 206 Å². The predicted octanol–water partition coefficient (Wildman–Crippen LogP) is 1.95. The number of ether oxygens (including phenoxy) is 2. The highest BCUT2D eigenvalue weighted by Crippen LogP contribution is 2.34. The van der Waals surface area contributed by atoms with Crippen LogP contribution in [0.2, 0.25) is 0 Å². The van der Waals surface area contributed by atoms with E-state index in [0.29, 0.717) is 37.4 Å². The van der Waals surface area contributed by atoms with Crippen LogP contribution in [0.1, 0.15) is 24.0 Å². The predicted molar refractivity (Wildman–Crippen MR) is 132 cm³/mol. The van der Waals surface area contributed by atoms with Gasteiger partial charge in [-0.05, 0) is 48.2 Å². The molecule has 35 heavy (non-hydrogen) atoms. The molecule has 2 aromatic carbocycles. The second-order valence-corrected chi connectivity index (χ2v) is 10.8. The zero-order valence-corrected chi connectivity index (χ0v) is 20.8. The highest BCUT2D eigenvalue weighted by atomic mass is 32.2. The van der Waals surface area contributed by atoms with E-state index in [1.807, 2.05) is 42.5 Å². The summed E-state index contributed by atoms with van der Waals surface area (Å²) in [5.74, 6) is 0.402. The minimum Gasteiger partial charge on any atom is -0.493 e. The average molecular weight is 502 g/mol. The van der Waals surface area contributed by atoms with Crippen molar-refractivity contribution >= 4 is 27.5 Å². The second kappa shape index (κ2) is 10.7. The number of anilines is 1. The first-order valence-corrected chi connectivity index (χ1v) is 13.3. The van der Waals surface area contributed by atoms with Gasteiger partial charge in [-0.25, -0.2) is 8.42 Å². The smallest absolute Gasteiger partial charge is 0.227 e. The van der Waals surface area contributed by atoms with Crippen LogP contribution in [0.15, 0.2) is 42.5 Å². The quantitative estimate of drug-likeness (QED) is 0.527. The van der Waals surface area contributed by atoms with Crippen LogP contribution in [0.5, 0.6) is 11.5 Å². The lowest BCUT2D eigenvalue weighted by Gasteiger charge is -2.29. The van der Waals surface area contributed by atoms with Gasteiger partial charge in [0.1, 0.15) is 0 Å². The van der Waals surface area contributed by atoms with Crippen LogP contribution in [0, 0.1) is 5.92 Å². The molecule has 188 valence electrons. The minimum atomic E-state index is -3.48. The number of amides is 2. The van der Waals surface area contributed by atoms with Crippen LogP contribution in [-0.4, -0.2) is 64.1 Å². The maximum absolute atomic E-state index is 12.9. The first kappa shape index (κ1) is 25.0. The third-order valence-corrected chi connectivity index (χ3v) is 8.42. The van der Waals surface area contributed by atoms with Crippen molar-refractivity contribution in [3.05, 3.63) is 53.6 Å². The Bertz CT molecular complexity index is 1190. The van der Waals surface area contributed by atoms with E-state index in [1.54, 1.807) is 19.1 Å². The van der Waals surface area contributed by atoms with Gasteiger partial charge in [-0.1, -0.05) is 18.2 Å². The number of hydrogen-bond acceptors (Lipinski definition) is 6. The maximum atomic E-state index is 12.9. The number of fused-ring (bicyclic) bond motifs is 1. The van der Waals surface area contributed by atoms with Crippen molar-refractivity contribution in [2.45, 2.75) is 25.8 Å². The van der Waals surface area contributed by atoms with E-state index >= 15 is 0 Å². The zero-order chi connectivity index (χ0) is 25.0. The SMILES string of the molecule is COc1cc2c(cc1OC)CN(S(=O)(=O)CCCNC(=O)C1CC(=O)N(c3ccccc3)C1)CC2. The summed E-state index contributed by atoms with van der Waals surface area (Å²) >= 11 is 0. The fourth-order valence-electron chi connectivity index (χ4n) is 4.58. The van der Waals surface area contributed by atoms with E-state index in [2.05, 4.69) is 5.32 Å². The summed E-state index contributed by atoms with van der Waals surface area (Å²) in [5, 5.41) is 2.80. The molecule has 2 aromatic rings. The van der Waals surface area contributed by atoms with Crippen molar-refractivity contribution in [1.82, 2.24) is 9.62 Å². The number of sulfonamides is 1. The number of carbonyl (C=O) groups is 2. The van der Waals surface area contributed by atoms with Gasteiger partial charge in [-0.2, -0.15) is 4.31 Å². The number of benzene rings is 2. The molecule has 0 aliphatic carbocycles. The zero-order valence-electron chi connectivity index (χ0n) is 20.0. The number of nitrogens with zero attached hydrogens (tertiary/aromatic N) is 2. The van der Waals surface area contributed by atoms with Crippen LogP contribution in [0.25, 0.3) is 0 Å². The summed E-state index contributed by atoms with van der Waals surface area (Å²) in [4.78, 5) is 26.5. The molecule has 1 saturated heterocycles. The molecule has 1 fully saturated rings. The standard InChI is InChI=1S/C25H31N3O6S/c1-33-22-13-18-9-11-27(16-19(18)14-23(22)34-2)35(31,32)12-6-10-26-25(30)20-15-24(29)28(17-20)21-7-4-3-5-8-21/h3-5,7-8,13-14,20H,6,9-12,15-17H2,1-2H3,(H,26,30). The van der Waals surface area contributed by atoms with Gasteiger partial charge in [0.2, 0.25) is 21.8 Å². The molecule has 1 N–H and O–H groups in total. The highest BCUT2D eigenvalue weighted by molar-refractivity contribution is 7.89. The van der Waals surface area contributed by atoms with Gasteiger partial charge >= 0.3 is 0 Å². The number of para-hydroxylation sites is 1. The van der Waals surface area contributed by atoms with Gasteiger partial charge in [0.15, 0.2) is 11.5 Å². The molecule has 2 aliphatic heterocycles. The van der Waals surface area contributed by atoms with Crippen molar-refractivity contribution in [3.63, 3.8) is 0 Å². The van der Waals surface area contributed by atoms with Crippen LogP contribution in [0.4, 0.5) is 5.69 Å². The Morgan fingerprint density at radius 2 is 1.77 bits per heavy atom. The first-order valence-electron chi connectivity index (χ1n) is 11.7. The Morgan fingerprint density at radius 3 is 2.46 bits per heavy atom. The normalized spacial score (nSPS) is 18.3. The van der Waals surface area contributed by atoms with Gasteiger partial charge in [-0.15, -0.1) is 0 Å². The van der Waals surface area contributed by atoms with Gasteiger partial charge < -0.3 is 19.7 Å². The van der Waals surface area contributed by atoms with Crippen molar-refractivity contribution in [2.75, 3.05) is 44.5 Å². The van der Waals surface area contributed by atoms with Gasteiger partial charge in [-0.3, -0.25) is 9.59 Å². The summed E-state index contributed by atoms with van der Waals surface area (Å²) in [6.45, 7) is 1.25. The maximum Gasteiger partial charge on any atom is 0.227 e. The van der Waals surface area contributed by atoms with Crippen molar-refractivity contribution in [2.24, 2.45) is 5.92 Å². The molecule has 1 atom stereocenters. The van der Waals surface area contributed by atoms with Gasteiger partial charge in [0.05, 0.1) is 25.9 Å². The summed E-state index contributed by atoms with van der Waals surface area (Å²) in [7, 11) is -0.356. The molecule has 2 aliphatic rings. The van der Waals surface area contributed by atoms with Crippen LogP contribution < -0.4 is 19.7 Å². The van der Waals surface area contributed by atoms with Crippen molar-refractivity contribution < 1.29 is 27.5 Å². The molecule has 9 nitrogen and oxygen atoms in total. The third-order valence-electron chi connectivity index (χ3n) is 6.52. The second-order valence-electron chi connectivity index (χ2n) is 8.76. The Hall–Kier alpha value is -3.11. The number of methoxy groups -OCH3 is 2. The van der Waals surface area contributed by atoms with E-state index in [-0.39, 0.29) is 37.1 Å². The lowest BCUT2D eigenvalue weighted by molar-refractivity contribution is -0.126. The lowest BCUT2D eigenvalue weighted by Crippen LogP contribution is -2.39. The molecule has 10 heteroatoms. The summed E-state index contributed by atoms with van der Waals surface area (Å²) in [6, 6.07) is 13.0. The molecule has 0 spiro atoms. The van der Waals surface area contributed by atoms with E-state index < -0.39 is 15.9 Å². The highest BCUT2D eigenvalue weighted by Gasteiger charge is 2.35. The molecule has 1 unspecified atom stereocenters. The molecule has 0 bridgehead atoms. The number of carbonyl (C=O) groups excluding carboxylic acids is 2. The lowest BCUT2D eigenvalue weighted by atomic mass is 10.0. The van der Waals surface area contributed by atoms with Gasteiger partial charge in [0, 0.05) is 38.3 Å². The molecule has 2 amide bonds. The fraction of sp³-hybridized carbons (Fsp3) is 0.440.